The maximum Gasteiger partial charge on any atom is 0.332 e. The normalized spacial score (nSPS) is 20.8. The largest absolute Gasteiger partial charge is 0.458 e. The highest BCUT2D eigenvalue weighted by Crippen LogP contribution is 2.32. The van der Waals surface area contributed by atoms with Crippen LogP contribution in [0.4, 0.5) is 0 Å². The molecule has 1 rings (SSSR count). The van der Waals surface area contributed by atoms with E-state index in [-0.39, 0.29) is 18.2 Å². The summed E-state index contributed by atoms with van der Waals surface area (Å²) in [6.07, 6.45) is 4.30. The van der Waals surface area contributed by atoms with Crippen LogP contribution in [-0.2, 0) is 14.3 Å². The van der Waals surface area contributed by atoms with Crippen LogP contribution >= 0.6 is 0 Å². The number of esters is 1. The molecule has 0 aromatic heterocycles. The molecular formula is C9H16O3. The summed E-state index contributed by atoms with van der Waals surface area (Å²) in [5.41, 5.74) is -0.213. The van der Waals surface area contributed by atoms with Crippen molar-refractivity contribution in [2.24, 2.45) is 0 Å². The van der Waals surface area contributed by atoms with Crippen LogP contribution < -0.4 is 0 Å². The van der Waals surface area contributed by atoms with Crippen molar-refractivity contribution in [1.29, 1.82) is 0 Å². The van der Waals surface area contributed by atoms with Crippen LogP contribution in [0.15, 0.2) is 0 Å². The van der Waals surface area contributed by atoms with Crippen molar-refractivity contribution in [3.05, 3.63) is 0 Å². The zero-order valence-electron chi connectivity index (χ0n) is 7.76. The average molecular weight is 172 g/mol. The van der Waals surface area contributed by atoms with Crippen LogP contribution in [0.5, 0.6) is 0 Å². The van der Waals surface area contributed by atoms with Gasteiger partial charge in [-0.25, -0.2) is 4.79 Å². The summed E-state index contributed by atoms with van der Waals surface area (Å²) in [5, 5.41) is 0. The molecule has 0 aromatic carbocycles. The van der Waals surface area contributed by atoms with E-state index in [1.807, 2.05) is 6.92 Å². The molecule has 0 aromatic rings. The van der Waals surface area contributed by atoms with E-state index in [1.54, 1.807) is 0 Å². The number of hydrogen-bond donors (Lipinski definition) is 0. The van der Waals surface area contributed by atoms with Gasteiger partial charge < -0.3 is 9.47 Å². The molecule has 0 N–H and O–H groups in total. The fourth-order valence-corrected chi connectivity index (χ4v) is 1.65. The predicted molar refractivity (Wildman–Crippen MR) is 44.8 cm³/mol. The van der Waals surface area contributed by atoms with Crippen LogP contribution in [0.25, 0.3) is 0 Å². The first-order valence-electron chi connectivity index (χ1n) is 4.37. The number of ether oxygens (including phenoxy) is 2. The lowest BCUT2D eigenvalue weighted by molar-refractivity contribution is -0.161. The van der Waals surface area contributed by atoms with E-state index >= 15 is 0 Å². The van der Waals surface area contributed by atoms with Crippen molar-refractivity contribution in [2.75, 3.05) is 13.7 Å². The highest BCUT2D eigenvalue weighted by molar-refractivity contribution is 5.71. The van der Waals surface area contributed by atoms with E-state index in [0.29, 0.717) is 0 Å². The number of carbonyl (C=O) groups is 1. The standard InChI is InChI=1S/C9H16O3/c1-9(5-3-4-6-9)12-8(10)7-11-2/h3-7H2,1-2H3. The highest BCUT2D eigenvalue weighted by atomic mass is 16.6. The Bertz CT molecular complexity index is 159. The van der Waals surface area contributed by atoms with Crippen molar-refractivity contribution in [3.63, 3.8) is 0 Å². The van der Waals surface area contributed by atoms with Gasteiger partial charge in [0, 0.05) is 7.11 Å². The van der Waals surface area contributed by atoms with E-state index < -0.39 is 0 Å². The molecule has 3 heteroatoms. The van der Waals surface area contributed by atoms with Gasteiger partial charge in [0.1, 0.15) is 12.2 Å². The van der Waals surface area contributed by atoms with Gasteiger partial charge in [-0.1, -0.05) is 0 Å². The van der Waals surface area contributed by atoms with E-state index in [9.17, 15) is 4.79 Å². The Balaban J connectivity index is 2.33. The van der Waals surface area contributed by atoms with Crippen LogP contribution in [0.1, 0.15) is 32.6 Å². The van der Waals surface area contributed by atoms with Gasteiger partial charge in [0.05, 0.1) is 0 Å². The molecule has 1 aliphatic carbocycles. The van der Waals surface area contributed by atoms with E-state index in [4.69, 9.17) is 4.74 Å². The summed E-state index contributed by atoms with van der Waals surface area (Å²) >= 11 is 0. The molecule has 0 spiro atoms. The third-order valence-electron chi connectivity index (χ3n) is 2.28. The predicted octanol–water partition coefficient (Wildman–Crippen LogP) is 1.51. The van der Waals surface area contributed by atoms with Crippen molar-refractivity contribution in [3.8, 4) is 0 Å². The molecule has 70 valence electrons. The maximum absolute atomic E-state index is 11.1. The van der Waals surface area contributed by atoms with Gasteiger partial charge in [0.25, 0.3) is 0 Å². The Morgan fingerprint density at radius 3 is 2.50 bits per heavy atom. The van der Waals surface area contributed by atoms with Crippen LogP contribution in [0.3, 0.4) is 0 Å². The fraction of sp³-hybridized carbons (Fsp3) is 0.889. The van der Waals surface area contributed by atoms with Gasteiger partial charge in [-0.2, -0.15) is 0 Å². The van der Waals surface area contributed by atoms with Crippen molar-refractivity contribution in [1.82, 2.24) is 0 Å². The minimum atomic E-state index is -0.248. The Morgan fingerprint density at radius 1 is 1.42 bits per heavy atom. The molecule has 0 aliphatic heterocycles. The molecule has 0 unspecified atom stereocenters. The molecule has 1 saturated carbocycles. The molecule has 3 nitrogen and oxygen atoms in total. The molecule has 0 radical (unpaired) electrons. The topological polar surface area (TPSA) is 35.5 Å². The van der Waals surface area contributed by atoms with E-state index in [2.05, 4.69) is 4.74 Å². The quantitative estimate of drug-likeness (QED) is 0.605. The number of methoxy groups -OCH3 is 1. The van der Waals surface area contributed by atoms with E-state index in [0.717, 1.165) is 25.7 Å². The summed E-state index contributed by atoms with van der Waals surface area (Å²) < 4.78 is 9.96. The van der Waals surface area contributed by atoms with Gasteiger partial charge in [-0.15, -0.1) is 0 Å². The summed E-state index contributed by atoms with van der Waals surface area (Å²) in [7, 11) is 1.50. The van der Waals surface area contributed by atoms with Crippen LogP contribution in [-0.4, -0.2) is 25.3 Å². The van der Waals surface area contributed by atoms with Crippen LogP contribution in [0.2, 0.25) is 0 Å². The van der Waals surface area contributed by atoms with E-state index in [1.165, 1.54) is 7.11 Å². The summed E-state index contributed by atoms with van der Waals surface area (Å²) in [4.78, 5) is 11.1. The summed E-state index contributed by atoms with van der Waals surface area (Å²) in [6, 6.07) is 0. The average Bonchev–Trinajstić information content (AvgIpc) is 2.36. The Morgan fingerprint density at radius 2 is 2.00 bits per heavy atom. The molecule has 1 fully saturated rings. The second-order valence-corrected chi connectivity index (χ2v) is 3.56. The molecular weight excluding hydrogens is 156 g/mol. The monoisotopic (exact) mass is 172 g/mol. The van der Waals surface area contributed by atoms with Crippen molar-refractivity contribution < 1.29 is 14.3 Å². The SMILES string of the molecule is COCC(=O)OC1(C)CCCC1. The molecule has 1 aliphatic rings. The maximum atomic E-state index is 11.1. The van der Waals surface area contributed by atoms with Gasteiger partial charge in [-0.05, 0) is 32.6 Å². The molecule has 0 amide bonds. The number of hydrogen-bond acceptors (Lipinski definition) is 3. The first-order valence-corrected chi connectivity index (χ1v) is 4.37. The van der Waals surface area contributed by atoms with Gasteiger partial charge >= 0.3 is 5.97 Å². The first kappa shape index (κ1) is 9.52. The Labute approximate surface area is 73.0 Å². The van der Waals surface area contributed by atoms with Gasteiger partial charge in [0.15, 0.2) is 0 Å². The second kappa shape index (κ2) is 3.90. The van der Waals surface area contributed by atoms with Gasteiger partial charge in [0.2, 0.25) is 0 Å². The smallest absolute Gasteiger partial charge is 0.332 e. The zero-order valence-corrected chi connectivity index (χ0v) is 7.76. The Hall–Kier alpha value is -0.570. The number of rotatable bonds is 3. The highest BCUT2D eigenvalue weighted by Gasteiger charge is 2.32. The number of carbonyl (C=O) groups excluding carboxylic acids is 1. The lowest BCUT2D eigenvalue weighted by Crippen LogP contribution is -2.29. The second-order valence-electron chi connectivity index (χ2n) is 3.56. The fourth-order valence-electron chi connectivity index (χ4n) is 1.65. The van der Waals surface area contributed by atoms with Gasteiger partial charge in [-0.3, -0.25) is 0 Å². The van der Waals surface area contributed by atoms with Crippen molar-refractivity contribution in [2.45, 2.75) is 38.2 Å². The van der Waals surface area contributed by atoms with Crippen LogP contribution in [0, 0.1) is 0 Å². The molecule has 12 heavy (non-hydrogen) atoms. The third-order valence-corrected chi connectivity index (χ3v) is 2.28. The lowest BCUT2D eigenvalue weighted by Gasteiger charge is -2.23. The minimum Gasteiger partial charge on any atom is -0.458 e. The summed E-state index contributed by atoms with van der Waals surface area (Å²) in [6.45, 7) is 2.06. The summed E-state index contributed by atoms with van der Waals surface area (Å²) in [5.74, 6) is -0.248. The Kier molecular flexibility index (Phi) is 3.09. The minimum absolute atomic E-state index is 0.0651. The molecule has 0 saturated heterocycles. The zero-order chi connectivity index (χ0) is 9.03. The third kappa shape index (κ3) is 2.48. The molecule has 0 atom stereocenters. The lowest BCUT2D eigenvalue weighted by atomic mass is 10.1. The first-order chi connectivity index (χ1) is 5.66. The van der Waals surface area contributed by atoms with Crippen molar-refractivity contribution >= 4 is 5.97 Å². The molecule has 0 heterocycles. The molecule has 0 bridgehead atoms.